The molecular weight excluding hydrogens is 194 g/mol. The maximum Gasteiger partial charge on any atom is 0.144 e. The summed E-state index contributed by atoms with van der Waals surface area (Å²) in [4.78, 5) is 11.2. The number of rotatable bonds is 0. The molecular formula is C10H11N3S. The molecule has 0 radical (unpaired) electrons. The number of nitrogens with two attached hydrogens (primary N) is 1. The lowest BCUT2D eigenvalue weighted by Gasteiger charge is -2.09. The molecule has 0 fully saturated rings. The second kappa shape index (κ2) is 2.92. The van der Waals surface area contributed by atoms with Gasteiger partial charge in [0.25, 0.3) is 0 Å². The number of aromatic nitrogens is 2. The van der Waals surface area contributed by atoms with E-state index in [0.717, 1.165) is 16.8 Å². The largest absolute Gasteiger partial charge is 0.382 e. The Morgan fingerprint density at radius 3 is 3.07 bits per heavy atom. The summed E-state index contributed by atoms with van der Waals surface area (Å²) in [6.45, 7) is 0. The Hall–Kier alpha value is -1.16. The van der Waals surface area contributed by atoms with Crippen molar-refractivity contribution >= 4 is 27.5 Å². The fraction of sp³-hybridized carbons (Fsp3) is 0.400. The number of fused-ring (bicyclic) bond motifs is 3. The maximum atomic E-state index is 5.61. The molecule has 2 N–H and O–H groups in total. The molecule has 1 aliphatic carbocycles. The molecule has 0 aromatic carbocycles. The summed E-state index contributed by atoms with van der Waals surface area (Å²) in [5.41, 5.74) is 8.12. The van der Waals surface area contributed by atoms with Gasteiger partial charge in [0.15, 0.2) is 0 Å². The van der Waals surface area contributed by atoms with E-state index in [1.165, 1.54) is 29.7 Å². The average molecular weight is 205 g/mol. The molecule has 14 heavy (non-hydrogen) atoms. The minimum atomic E-state index is 0.524. The first-order chi connectivity index (χ1) is 6.84. The number of nitrogen functional groups attached to an aromatic ring is 1. The summed E-state index contributed by atoms with van der Waals surface area (Å²) in [5.74, 6) is 0.524. The van der Waals surface area contributed by atoms with Crippen LogP contribution in [0, 0.1) is 0 Å². The topological polar surface area (TPSA) is 51.8 Å². The van der Waals surface area contributed by atoms with Crippen LogP contribution in [0.2, 0.25) is 0 Å². The molecule has 0 amide bonds. The van der Waals surface area contributed by atoms with E-state index < -0.39 is 0 Å². The Balaban J connectivity index is 2.31. The van der Waals surface area contributed by atoms with Gasteiger partial charge in [-0.15, -0.1) is 11.3 Å². The second-order valence-electron chi connectivity index (χ2n) is 3.66. The van der Waals surface area contributed by atoms with Gasteiger partial charge < -0.3 is 5.73 Å². The molecule has 3 nitrogen and oxygen atoms in total. The fourth-order valence-electron chi connectivity index (χ4n) is 2.02. The van der Waals surface area contributed by atoms with Gasteiger partial charge in [-0.25, -0.2) is 9.97 Å². The van der Waals surface area contributed by atoms with Gasteiger partial charge >= 0.3 is 0 Å². The molecule has 0 unspecified atom stereocenters. The van der Waals surface area contributed by atoms with Crippen molar-refractivity contribution in [3.8, 4) is 0 Å². The Morgan fingerprint density at radius 1 is 1.29 bits per heavy atom. The molecule has 4 heteroatoms. The van der Waals surface area contributed by atoms with Crippen LogP contribution in [0.5, 0.6) is 0 Å². The Kier molecular flexibility index (Phi) is 1.70. The van der Waals surface area contributed by atoms with Crippen LogP contribution in [-0.2, 0) is 12.8 Å². The van der Waals surface area contributed by atoms with Crippen molar-refractivity contribution in [2.75, 3.05) is 5.73 Å². The van der Waals surface area contributed by atoms with Crippen LogP contribution in [0.1, 0.15) is 23.3 Å². The minimum absolute atomic E-state index is 0.524. The van der Waals surface area contributed by atoms with Gasteiger partial charge in [0.1, 0.15) is 16.2 Å². The molecule has 0 atom stereocenters. The highest BCUT2D eigenvalue weighted by atomic mass is 32.1. The number of hydrogen-bond acceptors (Lipinski definition) is 4. The van der Waals surface area contributed by atoms with Crippen LogP contribution >= 0.6 is 11.3 Å². The van der Waals surface area contributed by atoms with Crippen molar-refractivity contribution in [2.45, 2.75) is 25.7 Å². The molecule has 0 bridgehead atoms. The second-order valence-corrected chi connectivity index (χ2v) is 4.74. The molecule has 2 heterocycles. The average Bonchev–Trinajstić information content (AvgIpc) is 2.54. The standard InChI is InChI=1S/C10H11N3S/c11-8-5-12-9-6-3-1-2-4-7(6)14-10(9)13-8/h5H,1-4H2,(H2,11,13). The zero-order chi connectivity index (χ0) is 9.54. The first kappa shape index (κ1) is 8.17. The van der Waals surface area contributed by atoms with E-state index >= 15 is 0 Å². The summed E-state index contributed by atoms with van der Waals surface area (Å²) in [5, 5.41) is 0. The Bertz CT molecular complexity index is 489. The van der Waals surface area contributed by atoms with Crippen molar-refractivity contribution in [1.82, 2.24) is 9.97 Å². The van der Waals surface area contributed by atoms with Crippen molar-refractivity contribution in [1.29, 1.82) is 0 Å². The molecule has 0 aliphatic heterocycles. The minimum Gasteiger partial charge on any atom is -0.382 e. The fourth-order valence-corrected chi connectivity index (χ4v) is 3.25. The van der Waals surface area contributed by atoms with E-state index in [1.807, 2.05) is 0 Å². The van der Waals surface area contributed by atoms with Gasteiger partial charge in [0.2, 0.25) is 0 Å². The lowest BCUT2D eigenvalue weighted by atomic mass is 9.99. The third kappa shape index (κ3) is 1.10. The predicted octanol–water partition coefficient (Wildman–Crippen LogP) is 2.15. The van der Waals surface area contributed by atoms with Crippen LogP contribution in [0.3, 0.4) is 0 Å². The highest BCUT2D eigenvalue weighted by Crippen LogP contribution is 2.34. The number of aryl methyl sites for hydroxylation is 2. The quantitative estimate of drug-likeness (QED) is 0.717. The molecule has 2 aromatic heterocycles. The molecule has 3 rings (SSSR count). The number of thiophene rings is 1. The van der Waals surface area contributed by atoms with E-state index in [-0.39, 0.29) is 0 Å². The number of nitrogens with zero attached hydrogens (tertiary/aromatic N) is 2. The van der Waals surface area contributed by atoms with E-state index in [9.17, 15) is 0 Å². The lowest BCUT2D eigenvalue weighted by molar-refractivity contribution is 0.699. The van der Waals surface area contributed by atoms with Crippen molar-refractivity contribution in [2.24, 2.45) is 0 Å². The van der Waals surface area contributed by atoms with Crippen LogP contribution in [0.25, 0.3) is 10.3 Å². The van der Waals surface area contributed by atoms with Gasteiger partial charge in [0, 0.05) is 4.88 Å². The Labute approximate surface area is 86.0 Å². The monoisotopic (exact) mass is 205 g/mol. The summed E-state index contributed by atoms with van der Waals surface area (Å²) >= 11 is 1.76. The smallest absolute Gasteiger partial charge is 0.144 e. The number of anilines is 1. The highest BCUT2D eigenvalue weighted by molar-refractivity contribution is 7.18. The van der Waals surface area contributed by atoms with Crippen molar-refractivity contribution in [3.05, 3.63) is 16.6 Å². The van der Waals surface area contributed by atoms with Gasteiger partial charge in [-0.05, 0) is 31.2 Å². The maximum absolute atomic E-state index is 5.61. The highest BCUT2D eigenvalue weighted by Gasteiger charge is 2.17. The third-order valence-electron chi connectivity index (χ3n) is 2.68. The lowest BCUT2D eigenvalue weighted by Crippen LogP contribution is -1.98. The zero-order valence-corrected chi connectivity index (χ0v) is 8.60. The molecule has 0 saturated heterocycles. The van der Waals surface area contributed by atoms with E-state index in [2.05, 4.69) is 9.97 Å². The van der Waals surface area contributed by atoms with Crippen LogP contribution in [0.15, 0.2) is 6.20 Å². The SMILES string of the molecule is Nc1cnc2c3c(sc2n1)CCCC3. The predicted molar refractivity (Wildman–Crippen MR) is 58.5 cm³/mol. The van der Waals surface area contributed by atoms with E-state index in [0.29, 0.717) is 5.82 Å². The molecule has 1 aliphatic rings. The zero-order valence-electron chi connectivity index (χ0n) is 7.79. The Morgan fingerprint density at radius 2 is 2.14 bits per heavy atom. The molecule has 0 spiro atoms. The van der Waals surface area contributed by atoms with Gasteiger partial charge in [0.05, 0.1) is 6.20 Å². The summed E-state index contributed by atoms with van der Waals surface area (Å²) in [6.07, 6.45) is 6.59. The van der Waals surface area contributed by atoms with Gasteiger partial charge in [-0.2, -0.15) is 0 Å². The summed E-state index contributed by atoms with van der Waals surface area (Å²) in [7, 11) is 0. The molecule has 72 valence electrons. The number of hydrogen-bond donors (Lipinski definition) is 1. The first-order valence-corrected chi connectivity index (χ1v) is 5.69. The third-order valence-corrected chi connectivity index (χ3v) is 3.86. The van der Waals surface area contributed by atoms with E-state index in [4.69, 9.17) is 5.73 Å². The van der Waals surface area contributed by atoms with Gasteiger partial charge in [-0.1, -0.05) is 0 Å². The molecule has 0 saturated carbocycles. The van der Waals surface area contributed by atoms with Crippen LogP contribution < -0.4 is 5.73 Å². The summed E-state index contributed by atoms with van der Waals surface area (Å²) < 4.78 is 0. The van der Waals surface area contributed by atoms with Crippen LogP contribution in [0.4, 0.5) is 5.82 Å². The summed E-state index contributed by atoms with van der Waals surface area (Å²) in [6, 6.07) is 0. The van der Waals surface area contributed by atoms with Crippen molar-refractivity contribution < 1.29 is 0 Å². The first-order valence-electron chi connectivity index (χ1n) is 4.87. The van der Waals surface area contributed by atoms with E-state index in [1.54, 1.807) is 17.5 Å². The van der Waals surface area contributed by atoms with Gasteiger partial charge in [-0.3, -0.25) is 0 Å². The van der Waals surface area contributed by atoms with Crippen molar-refractivity contribution in [3.63, 3.8) is 0 Å². The molecule has 2 aromatic rings. The normalized spacial score (nSPS) is 15.7. The van der Waals surface area contributed by atoms with Crippen LogP contribution in [-0.4, -0.2) is 9.97 Å².